The van der Waals surface area contributed by atoms with Gasteiger partial charge in [0, 0.05) is 24.9 Å². The number of carbonyl (C=O) groups excluding carboxylic acids is 1. The van der Waals surface area contributed by atoms with Gasteiger partial charge in [-0.05, 0) is 24.1 Å². The van der Waals surface area contributed by atoms with E-state index in [-0.39, 0.29) is 17.6 Å². The maximum atomic E-state index is 11.8. The lowest BCUT2D eigenvalue weighted by Crippen LogP contribution is -2.21. The van der Waals surface area contributed by atoms with Crippen molar-refractivity contribution in [2.45, 2.75) is 12.8 Å². The van der Waals surface area contributed by atoms with Crippen molar-refractivity contribution in [1.29, 1.82) is 0 Å². The first-order chi connectivity index (χ1) is 11.2. The molecule has 2 aromatic carbocycles. The fourth-order valence-corrected chi connectivity index (χ4v) is 2.56. The smallest absolute Gasteiger partial charge is 0.223 e. The Labute approximate surface area is 134 Å². The minimum absolute atomic E-state index is 0.0611. The van der Waals surface area contributed by atoms with Crippen molar-refractivity contribution in [3.8, 4) is 11.5 Å². The minimum Gasteiger partial charge on any atom is -0.508 e. The zero-order chi connectivity index (χ0) is 16.1. The van der Waals surface area contributed by atoms with Gasteiger partial charge < -0.3 is 15.3 Å². The Hall–Kier alpha value is -2.82. The zero-order valence-corrected chi connectivity index (χ0v) is 12.6. The van der Waals surface area contributed by atoms with Crippen LogP contribution in [0, 0.1) is 5.92 Å². The van der Waals surface area contributed by atoms with E-state index in [9.17, 15) is 9.90 Å². The molecule has 118 valence electrons. The number of hydrogen-bond donors (Lipinski definition) is 2. The molecule has 5 heteroatoms. The maximum absolute atomic E-state index is 11.8. The van der Waals surface area contributed by atoms with Crippen molar-refractivity contribution < 1.29 is 14.7 Å². The Kier molecular flexibility index (Phi) is 4.57. The summed E-state index contributed by atoms with van der Waals surface area (Å²) in [5.41, 5.74) is 1.64. The van der Waals surface area contributed by atoms with E-state index in [1.807, 2.05) is 30.3 Å². The molecular formula is C18H18N2O3. The van der Waals surface area contributed by atoms with Crippen molar-refractivity contribution >= 4 is 11.6 Å². The van der Waals surface area contributed by atoms with Gasteiger partial charge in [-0.15, -0.1) is 0 Å². The van der Waals surface area contributed by atoms with Crippen molar-refractivity contribution in [2.24, 2.45) is 11.1 Å². The largest absolute Gasteiger partial charge is 0.508 e. The Morgan fingerprint density at radius 2 is 2.04 bits per heavy atom. The van der Waals surface area contributed by atoms with Crippen LogP contribution in [-0.4, -0.2) is 23.3 Å². The number of aromatic hydroxyl groups is 1. The quantitative estimate of drug-likeness (QED) is 0.659. The van der Waals surface area contributed by atoms with E-state index >= 15 is 0 Å². The molecule has 0 aliphatic carbocycles. The van der Waals surface area contributed by atoms with Gasteiger partial charge in [0.2, 0.25) is 5.91 Å². The fraction of sp³-hybridized carbons (Fsp3) is 0.222. The summed E-state index contributed by atoms with van der Waals surface area (Å²) in [4.78, 5) is 17.3. The van der Waals surface area contributed by atoms with Crippen LogP contribution < -0.4 is 10.2 Å². The Bertz CT molecular complexity index is 713. The maximum Gasteiger partial charge on any atom is 0.223 e. The number of nitrogens with one attached hydrogen (secondary N) is 1. The molecule has 1 unspecified atom stereocenters. The molecule has 0 saturated carbocycles. The molecule has 1 aliphatic heterocycles. The lowest BCUT2D eigenvalue weighted by atomic mass is 9.96. The number of benzene rings is 2. The number of carbonyl (C=O) groups is 1. The molecule has 2 N–H and O–H groups in total. The van der Waals surface area contributed by atoms with Crippen molar-refractivity contribution in [3.05, 3.63) is 60.2 Å². The van der Waals surface area contributed by atoms with Gasteiger partial charge in [-0.1, -0.05) is 41.6 Å². The molecule has 0 aromatic heterocycles. The molecule has 1 heterocycles. The molecule has 1 atom stereocenters. The lowest BCUT2D eigenvalue weighted by Gasteiger charge is -2.10. The molecule has 0 bridgehead atoms. The Morgan fingerprint density at radius 3 is 2.74 bits per heavy atom. The molecule has 1 amide bonds. The first kappa shape index (κ1) is 15.1. The van der Waals surface area contributed by atoms with Crippen molar-refractivity contribution in [3.63, 3.8) is 0 Å². The van der Waals surface area contributed by atoms with Crippen LogP contribution in [0.4, 0.5) is 0 Å². The number of phenolic OH excluding ortho intramolecular Hbond substituents is 1. The molecule has 1 fully saturated rings. The number of amides is 1. The highest BCUT2D eigenvalue weighted by molar-refractivity contribution is 6.02. The van der Waals surface area contributed by atoms with E-state index in [2.05, 4.69) is 10.5 Å². The second kappa shape index (κ2) is 6.96. The Balaban J connectivity index is 1.82. The summed E-state index contributed by atoms with van der Waals surface area (Å²) < 4.78 is 0. The summed E-state index contributed by atoms with van der Waals surface area (Å²) in [5.74, 6) is 0.552. The lowest BCUT2D eigenvalue weighted by molar-refractivity contribution is -0.122. The van der Waals surface area contributed by atoms with E-state index in [0.717, 1.165) is 17.7 Å². The molecule has 3 rings (SSSR count). The second-order valence-corrected chi connectivity index (χ2v) is 5.47. The molecule has 5 nitrogen and oxygen atoms in total. The number of phenols is 1. The number of rotatable bonds is 5. The average Bonchev–Trinajstić information content (AvgIpc) is 2.97. The number of hydrogen-bond acceptors (Lipinski definition) is 4. The van der Waals surface area contributed by atoms with Gasteiger partial charge in [0.05, 0.1) is 5.71 Å². The van der Waals surface area contributed by atoms with Crippen LogP contribution in [0.25, 0.3) is 0 Å². The standard InChI is InChI=1S/C18H18N2O3/c21-15-7-4-8-16(12-15)23-20-17(13-5-2-1-3-6-13)11-14-9-10-19-18(14)22/h1-8,12,14,21H,9-11H2,(H,19,22)/b20-17+. The van der Waals surface area contributed by atoms with Gasteiger partial charge in [-0.25, -0.2) is 0 Å². The van der Waals surface area contributed by atoms with Crippen LogP contribution in [0.15, 0.2) is 59.8 Å². The van der Waals surface area contributed by atoms with Gasteiger partial charge in [-0.3, -0.25) is 4.79 Å². The van der Waals surface area contributed by atoms with E-state index in [1.165, 1.54) is 6.07 Å². The Morgan fingerprint density at radius 1 is 1.22 bits per heavy atom. The normalized spacial score (nSPS) is 17.8. The molecule has 0 spiro atoms. The van der Waals surface area contributed by atoms with Gasteiger partial charge >= 0.3 is 0 Å². The van der Waals surface area contributed by atoms with Crippen LogP contribution >= 0.6 is 0 Å². The van der Waals surface area contributed by atoms with Crippen LogP contribution in [0.3, 0.4) is 0 Å². The van der Waals surface area contributed by atoms with Gasteiger partial charge in [-0.2, -0.15) is 0 Å². The average molecular weight is 310 g/mol. The predicted octanol–water partition coefficient (Wildman–Crippen LogP) is 2.70. The highest BCUT2D eigenvalue weighted by atomic mass is 16.6. The van der Waals surface area contributed by atoms with E-state index in [4.69, 9.17) is 4.84 Å². The highest BCUT2D eigenvalue weighted by Gasteiger charge is 2.26. The summed E-state index contributed by atoms with van der Waals surface area (Å²) in [5, 5.41) is 16.5. The first-order valence-electron chi connectivity index (χ1n) is 7.58. The molecule has 2 aromatic rings. The summed E-state index contributed by atoms with van der Waals surface area (Å²) in [6, 6.07) is 16.1. The SMILES string of the molecule is O=C1NCCC1C/C(=N\Oc1cccc(O)c1)c1ccccc1. The highest BCUT2D eigenvalue weighted by Crippen LogP contribution is 2.21. The molecule has 23 heavy (non-hydrogen) atoms. The van der Waals surface area contributed by atoms with Crippen LogP contribution in [-0.2, 0) is 4.79 Å². The van der Waals surface area contributed by atoms with Crippen LogP contribution in [0.1, 0.15) is 18.4 Å². The van der Waals surface area contributed by atoms with Crippen LogP contribution in [0.2, 0.25) is 0 Å². The van der Waals surface area contributed by atoms with E-state index in [1.54, 1.807) is 18.2 Å². The number of nitrogens with zero attached hydrogens (tertiary/aromatic N) is 1. The molecular weight excluding hydrogens is 292 g/mol. The van der Waals surface area contributed by atoms with Crippen molar-refractivity contribution in [1.82, 2.24) is 5.32 Å². The second-order valence-electron chi connectivity index (χ2n) is 5.47. The first-order valence-corrected chi connectivity index (χ1v) is 7.58. The van der Waals surface area contributed by atoms with Crippen LogP contribution in [0.5, 0.6) is 11.5 Å². The molecule has 0 radical (unpaired) electrons. The van der Waals surface area contributed by atoms with Gasteiger partial charge in [0.25, 0.3) is 0 Å². The van der Waals surface area contributed by atoms with E-state index < -0.39 is 0 Å². The fourth-order valence-electron chi connectivity index (χ4n) is 2.56. The third-order valence-corrected chi connectivity index (χ3v) is 3.79. The van der Waals surface area contributed by atoms with Gasteiger partial charge in [0.1, 0.15) is 5.75 Å². The minimum atomic E-state index is -0.0817. The number of oxime groups is 1. The summed E-state index contributed by atoms with van der Waals surface area (Å²) in [6.07, 6.45) is 1.32. The van der Waals surface area contributed by atoms with Crippen molar-refractivity contribution in [2.75, 3.05) is 6.54 Å². The summed E-state index contributed by atoms with van der Waals surface area (Å²) in [6.45, 7) is 0.707. The zero-order valence-electron chi connectivity index (χ0n) is 12.6. The monoisotopic (exact) mass is 310 g/mol. The summed E-state index contributed by atoms with van der Waals surface area (Å²) >= 11 is 0. The molecule has 1 saturated heterocycles. The summed E-state index contributed by atoms with van der Waals surface area (Å²) in [7, 11) is 0. The van der Waals surface area contributed by atoms with E-state index in [0.29, 0.717) is 18.7 Å². The third-order valence-electron chi connectivity index (χ3n) is 3.79. The van der Waals surface area contributed by atoms with Gasteiger partial charge in [0.15, 0.2) is 5.75 Å². The predicted molar refractivity (Wildman–Crippen MR) is 87.4 cm³/mol. The topological polar surface area (TPSA) is 70.9 Å². The third kappa shape index (κ3) is 3.88. The molecule has 1 aliphatic rings.